The fraction of sp³-hybridized carbons (Fsp3) is 0.474. The Morgan fingerprint density at radius 3 is 2.88 bits per heavy atom. The van der Waals surface area contributed by atoms with E-state index in [9.17, 15) is 9.90 Å². The zero-order chi connectivity index (χ0) is 17.8. The van der Waals surface area contributed by atoms with Crippen LogP contribution in [0.5, 0.6) is 0 Å². The Balaban J connectivity index is 1.64. The van der Waals surface area contributed by atoms with Gasteiger partial charge < -0.3 is 19.3 Å². The van der Waals surface area contributed by atoms with Crippen LogP contribution in [-0.4, -0.2) is 49.9 Å². The summed E-state index contributed by atoms with van der Waals surface area (Å²) in [7, 11) is 0. The van der Waals surface area contributed by atoms with Crippen molar-refractivity contribution >= 4 is 6.09 Å². The number of hydrogen-bond donors (Lipinski definition) is 1. The number of ether oxygens (including phenoxy) is 1. The van der Waals surface area contributed by atoms with Gasteiger partial charge in [0.1, 0.15) is 11.2 Å². The third-order valence-corrected chi connectivity index (χ3v) is 4.92. The molecular formula is C19H23N3O3. The smallest absolute Gasteiger partial charge is 0.410 e. The largest absolute Gasteiger partial charge is 0.444 e. The first-order valence-corrected chi connectivity index (χ1v) is 8.60. The summed E-state index contributed by atoms with van der Waals surface area (Å²) in [5.74, 6) is 0. The zero-order valence-electron chi connectivity index (χ0n) is 14.8. The Bertz CT molecular complexity index is 823. The number of β-amino-alcohol motifs (C(OH)–C–C–N with tert-alkyl or cyclic N) is 1. The quantitative estimate of drug-likeness (QED) is 0.866. The van der Waals surface area contributed by atoms with E-state index < -0.39 is 11.2 Å². The molecule has 0 saturated carbocycles. The molecule has 0 radical (unpaired) electrons. The van der Waals surface area contributed by atoms with Crippen molar-refractivity contribution in [1.29, 1.82) is 0 Å². The topological polar surface area (TPSA) is 67.6 Å². The zero-order valence-corrected chi connectivity index (χ0v) is 14.8. The number of carbonyl (C=O) groups excluding carboxylic acids is 1. The van der Waals surface area contributed by atoms with Gasteiger partial charge in [-0.05, 0) is 32.8 Å². The highest BCUT2D eigenvalue weighted by atomic mass is 16.6. The summed E-state index contributed by atoms with van der Waals surface area (Å²) < 4.78 is 7.48. The van der Waals surface area contributed by atoms with E-state index in [1.54, 1.807) is 11.2 Å². The first-order valence-electron chi connectivity index (χ1n) is 8.60. The number of aromatic nitrogens is 2. The van der Waals surface area contributed by atoms with Gasteiger partial charge >= 0.3 is 6.09 Å². The Morgan fingerprint density at radius 1 is 1.36 bits per heavy atom. The average molecular weight is 341 g/mol. The van der Waals surface area contributed by atoms with Crippen LogP contribution in [0.4, 0.5) is 4.79 Å². The van der Waals surface area contributed by atoms with Gasteiger partial charge in [-0.2, -0.15) is 0 Å². The fourth-order valence-corrected chi connectivity index (χ4v) is 3.91. The lowest BCUT2D eigenvalue weighted by molar-refractivity contribution is 0.000111. The minimum Gasteiger partial charge on any atom is -0.444 e. The summed E-state index contributed by atoms with van der Waals surface area (Å²) in [4.78, 5) is 18.2. The van der Waals surface area contributed by atoms with Crippen LogP contribution in [0.25, 0.3) is 11.3 Å². The molecule has 4 rings (SSSR count). The van der Waals surface area contributed by atoms with Crippen LogP contribution in [0, 0.1) is 0 Å². The number of carbonyl (C=O) groups is 1. The predicted molar refractivity (Wildman–Crippen MR) is 93.2 cm³/mol. The average Bonchev–Trinajstić information content (AvgIpc) is 3.19. The van der Waals surface area contributed by atoms with Crippen LogP contribution in [0.3, 0.4) is 0 Å². The molecule has 25 heavy (non-hydrogen) atoms. The highest BCUT2D eigenvalue weighted by molar-refractivity contribution is 5.71. The summed E-state index contributed by atoms with van der Waals surface area (Å²) in [5.41, 5.74) is 1.58. The van der Waals surface area contributed by atoms with Crippen molar-refractivity contribution in [2.24, 2.45) is 0 Å². The molecular weight excluding hydrogens is 318 g/mol. The number of imidazole rings is 1. The van der Waals surface area contributed by atoms with Crippen LogP contribution in [0.15, 0.2) is 36.8 Å². The van der Waals surface area contributed by atoms with Gasteiger partial charge in [0.25, 0.3) is 0 Å². The van der Waals surface area contributed by atoms with E-state index in [1.807, 2.05) is 55.8 Å². The van der Waals surface area contributed by atoms with E-state index in [0.29, 0.717) is 13.0 Å². The first-order chi connectivity index (χ1) is 11.8. The first kappa shape index (κ1) is 16.1. The second-order valence-corrected chi connectivity index (χ2v) is 7.93. The third-order valence-electron chi connectivity index (χ3n) is 4.92. The van der Waals surface area contributed by atoms with Gasteiger partial charge in [-0.1, -0.05) is 24.3 Å². The Labute approximate surface area is 147 Å². The van der Waals surface area contributed by atoms with Crippen molar-refractivity contribution in [3.63, 3.8) is 0 Å². The van der Waals surface area contributed by atoms with Crippen molar-refractivity contribution in [3.8, 4) is 11.3 Å². The van der Waals surface area contributed by atoms with Crippen LogP contribution < -0.4 is 0 Å². The maximum atomic E-state index is 12.4. The lowest BCUT2D eigenvalue weighted by atomic mass is 9.87. The molecule has 0 aliphatic carbocycles. The minimum atomic E-state index is -1.04. The monoisotopic (exact) mass is 341 g/mol. The van der Waals surface area contributed by atoms with E-state index in [1.165, 1.54) is 0 Å². The minimum absolute atomic E-state index is 0.242. The van der Waals surface area contributed by atoms with E-state index in [-0.39, 0.29) is 18.7 Å². The van der Waals surface area contributed by atoms with Crippen molar-refractivity contribution in [1.82, 2.24) is 14.5 Å². The molecule has 2 unspecified atom stereocenters. The van der Waals surface area contributed by atoms with Gasteiger partial charge in [-0.3, -0.25) is 0 Å². The lowest BCUT2D eigenvalue weighted by Gasteiger charge is -2.32. The normalized spacial score (nSPS) is 25.0. The maximum absolute atomic E-state index is 12.4. The molecule has 2 aromatic rings. The Hall–Kier alpha value is -2.34. The molecule has 1 aromatic carbocycles. The molecule has 132 valence electrons. The number of benzene rings is 1. The van der Waals surface area contributed by atoms with Gasteiger partial charge in [0.15, 0.2) is 0 Å². The van der Waals surface area contributed by atoms with Gasteiger partial charge in [-0.15, -0.1) is 0 Å². The maximum Gasteiger partial charge on any atom is 0.410 e. The Kier molecular flexibility index (Phi) is 3.44. The molecule has 1 saturated heterocycles. The molecule has 1 fully saturated rings. The number of nitrogens with zero attached hydrogens (tertiary/aromatic N) is 3. The van der Waals surface area contributed by atoms with Gasteiger partial charge in [0.05, 0.1) is 30.8 Å². The van der Waals surface area contributed by atoms with E-state index in [0.717, 1.165) is 16.8 Å². The summed E-state index contributed by atoms with van der Waals surface area (Å²) in [5, 5.41) is 11.4. The molecule has 0 bridgehead atoms. The van der Waals surface area contributed by atoms with Crippen molar-refractivity contribution in [2.75, 3.05) is 13.1 Å². The molecule has 0 spiro atoms. The number of fused-ring (bicyclic) bond motifs is 3. The van der Waals surface area contributed by atoms with E-state index in [2.05, 4.69) is 4.98 Å². The van der Waals surface area contributed by atoms with Crippen LogP contribution in [0.2, 0.25) is 0 Å². The van der Waals surface area contributed by atoms with Crippen molar-refractivity contribution in [3.05, 3.63) is 42.4 Å². The second kappa shape index (κ2) is 5.33. The van der Waals surface area contributed by atoms with Gasteiger partial charge in [0, 0.05) is 12.1 Å². The van der Waals surface area contributed by atoms with Crippen molar-refractivity contribution < 1.29 is 14.6 Å². The molecule has 2 aliphatic heterocycles. The van der Waals surface area contributed by atoms with Gasteiger partial charge in [0.2, 0.25) is 0 Å². The van der Waals surface area contributed by atoms with Crippen LogP contribution in [-0.2, 0) is 4.74 Å². The molecule has 6 heteroatoms. The van der Waals surface area contributed by atoms with Gasteiger partial charge in [-0.25, -0.2) is 9.78 Å². The second-order valence-electron chi connectivity index (χ2n) is 7.93. The number of hydrogen-bond acceptors (Lipinski definition) is 4. The number of amides is 1. The summed E-state index contributed by atoms with van der Waals surface area (Å²) in [6.07, 6.45) is 3.71. The summed E-state index contributed by atoms with van der Waals surface area (Å²) >= 11 is 0. The van der Waals surface area contributed by atoms with E-state index in [4.69, 9.17) is 4.74 Å². The lowest BCUT2D eigenvalue weighted by Crippen LogP contribution is -2.43. The van der Waals surface area contributed by atoms with Crippen LogP contribution in [0.1, 0.15) is 38.8 Å². The molecule has 2 atom stereocenters. The molecule has 3 heterocycles. The third kappa shape index (κ3) is 2.61. The summed E-state index contributed by atoms with van der Waals surface area (Å²) in [6, 6.07) is 7.82. The molecule has 2 aliphatic rings. The summed E-state index contributed by atoms with van der Waals surface area (Å²) in [6.45, 7) is 6.26. The standard InChI is InChI=1S/C19H23N3O3/c1-18(2,3)25-17(23)21-9-8-19(24,11-21)16-14-7-5-4-6-13(14)15-10-20-12-22(15)16/h4-7,10,12,16,24H,8-9,11H2,1-3H3. The highest BCUT2D eigenvalue weighted by Gasteiger charge is 2.49. The predicted octanol–water partition coefficient (Wildman–Crippen LogP) is 2.82. The number of likely N-dealkylation sites (tertiary alicyclic amines) is 1. The van der Waals surface area contributed by atoms with Crippen LogP contribution >= 0.6 is 0 Å². The molecule has 1 aromatic heterocycles. The fourth-order valence-electron chi connectivity index (χ4n) is 3.91. The van der Waals surface area contributed by atoms with Crippen molar-refractivity contribution in [2.45, 2.75) is 44.4 Å². The highest BCUT2D eigenvalue weighted by Crippen LogP contribution is 2.47. The molecule has 1 amide bonds. The molecule has 1 N–H and O–H groups in total. The van der Waals surface area contributed by atoms with E-state index >= 15 is 0 Å². The SMILES string of the molecule is CC(C)(C)OC(=O)N1CCC(O)(C2c3ccccc3-c3cncn32)C1. The molecule has 6 nitrogen and oxygen atoms in total. The Morgan fingerprint density at radius 2 is 2.12 bits per heavy atom. The number of aliphatic hydroxyl groups is 1. The number of rotatable bonds is 1.